The Kier molecular flexibility index (Phi) is 5.22. The zero-order chi connectivity index (χ0) is 12.1. The lowest BCUT2D eigenvalue weighted by atomic mass is 10.1. The molecule has 0 spiro atoms. The van der Waals surface area contributed by atoms with Crippen LogP contribution in [0.25, 0.3) is 0 Å². The first-order chi connectivity index (χ1) is 8.27. The van der Waals surface area contributed by atoms with Crippen LogP contribution in [0.4, 0.5) is 0 Å². The Morgan fingerprint density at radius 2 is 2.24 bits per heavy atom. The first kappa shape index (κ1) is 13.3. The topological polar surface area (TPSA) is 27.7 Å². The monoisotopic (exact) mass is 241 g/mol. The lowest BCUT2D eigenvalue weighted by Crippen LogP contribution is -2.42. The van der Waals surface area contributed by atoms with Gasteiger partial charge in [0.15, 0.2) is 0 Å². The van der Waals surface area contributed by atoms with E-state index >= 15 is 0 Å². The van der Waals surface area contributed by atoms with E-state index in [9.17, 15) is 0 Å². The second-order valence-corrected chi connectivity index (χ2v) is 5.36. The minimum absolute atomic E-state index is 0.408. The molecule has 2 saturated heterocycles. The Labute approximate surface area is 105 Å². The third-order valence-electron chi connectivity index (χ3n) is 4.10. The van der Waals surface area contributed by atoms with Crippen LogP contribution in [0.3, 0.4) is 0 Å². The van der Waals surface area contributed by atoms with Gasteiger partial charge in [-0.3, -0.25) is 4.90 Å². The molecule has 1 N–H and O–H groups in total. The largest absolute Gasteiger partial charge is 0.377 e. The van der Waals surface area contributed by atoms with Crippen molar-refractivity contribution in [3.05, 3.63) is 0 Å². The summed E-state index contributed by atoms with van der Waals surface area (Å²) in [7, 11) is 2.24. The fraction of sp³-hybridized carbons (Fsp3) is 1.00. The highest BCUT2D eigenvalue weighted by Crippen LogP contribution is 2.17. The molecule has 2 unspecified atom stereocenters. The van der Waals surface area contributed by atoms with Gasteiger partial charge in [-0.1, -0.05) is 0 Å². The number of ether oxygens (including phenoxy) is 1. The number of hydrogen-bond acceptors (Lipinski definition) is 4. The maximum atomic E-state index is 5.63. The van der Waals surface area contributed by atoms with Crippen LogP contribution in [0.2, 0.25) is 0 Å². The molecule has 0 radical (unpaired) electrons. The smallest absolute Gasteiger partial charge is 0.0702 e. The molecule has 0 amide bonds. The van der Waals surface area contributed by atoms with Crippen molar-refractivity contribution >= 4 is 0 Å². The summed E-state index contributed by atoms with van der Waals surface area (Å²) in [5, 5.41) is 3.45. The SMILES string of the molecule is CC1OCCC1N(C)CCN1CCCNCC1. The van der Waals surface area contributed by atoms with Gasteiger partial charge in [0.2, 0.25) is 0 Å². The highest BCUT2D eigenvalue weighted by Gasteiger charge is 2.27. The zero-order valence-electron chi connectivity index (χ0n) is 11.3. The molecule has 2 aliphatic rings. The minimum atomic E-state index is 0.408. The van der Waals surface area contributed by atoms with Crippen molar-refractivity contribution in [3.63, 3.8) is 0 Å². The summed E-state index contributed by atoms with van der Waals surface area (Å²) in [5.41, 5.74) is 0. The summed E-state index contributed by atoms with van der Waals surface area (Å²) in [6.07, 6.45) is 2.89. The van der Waals surface area contributed by atoms with Crippen LogP contribution in [0.5, 0.6) is 0 Å². The van der Waals surface area contributed by atoms with Gasteiger partial charge in [0, 0.05) is 38.8 Å². The van der Waals surface area contributed by atoms with Crippen molar-refractivity contribution in [2.45, 2.75) is 31.9 Å². The van der Waals surface area contributed by atoms with Gasteiger partial charge in [-0.25, -0.2) is 0 Å². The molecule has 0 bridgehead atoms. The van der Waals surface area contributed by atoms with E-state index < -0.39 is 0 Å². The van der Waals surface area contributed by atoms with Crippen LogP contribution < -0.4 is 5.32 Å². The van der Waals surface area contributed by atoms with Crippen LogP contribution in [0, 0.1) is 0 Å². The van der Waals surface area contributed by atoms with E-state index in [1.54, 1.807) is 0 Å². The highest BCUT2D eigenvalue weighted by molar-refractivity contribution is 4.81. The average molecular weight is 241 g/mol. The van der Waals surface area contributed by atoms with Gasteiger partial charge in [-0.2, -0.15) is 0 Å². The van der Waals surface area contributed by atoms with Gasteiger partial charge in [-0.15, -0.1) is 0 Å². The maximum Gasteiger partial charge on any atom is 0.0702 e. The average Bonchev–Trinajstić information content (AvgIpc) is 2.61. The van der Waals surface area contributed by atoms with Gasteiger partial charge >= 0.3 is 0 Å². The van der Waals surface area contributed by atoms with E-state index in [-0.39, 0.29) is 0 Å². The van der Waals surface area contributed by atoms with E-state index in [2.05, 4.69) is 29.1 Å². The number of nitrogens with zero attached hydrogens (tertiary/aromatic N) is 2. The first-order valence-corrected chi connectivity index (χ1v) is 7.02. The molecule has 0 saturated carbocycles. The molecule has 100 valence electrons. The summed E-state index contributed by atoms with van der Waals surface area (Å²) in [6, 6.07) is 0.625. The Morgan fingerprint density at radius 1 is 1.35 bits per heavy atom. The quantitative estimate of drug-likeness (QED) is 0.771. The highest BCUT2D eigenvalue weighted by atomic mass is 16.5. The Morgan fingerprint density at radius 3 is 3.00 bits per heavy atom. The van der Waals surface area contributed by atoms with Crippen LogP contribution in [0.15, 0.2) is 0 Å². The third-order valence-corrected chi connectivity index (χ3v) is 4.10. The molecule has 2 rings (SSSR count). The molecule has 0 aliphatic carbocycles. The van der Waals surface area contributed by atoms with E-state index in [1.165, 1.54) is 45.6 Å². The Hall–Kier alpha value is -0.160. The molecule has 0 aromatic carbocycles. The molecule has 2 atom stereocenters. The zero-order valence-corrected chi connectivity index (χ0v) is 11.3. The molecule has 4 heteroatoms. The minimum Gasteiger partial charge on any atom is -0.377 e. The predicted molar refractivity (Wildman–Crippen MR) is 70.4 cm³/mol. The summed E-state index contributed by atoms with van der Waals surface area (Å²) in [6.45, 7) is 10.3. The fourth-order valence-electron chi connectivity index (χ4n) is 2.89. The van der Waals surface area contributed by atoms with E-state index in [0.717, 1.165) is 13.2 Å². The molecular formula is C13H27N3O. The van der Waals surface area contributed by atoms with Crippen molar-refractivity contribution in [1.29, 1.82) is 0 Å². The first-order valence-electron chi connectivity index (χ1n) is 7.02. The molecule has 4 nitrogen and oxygen atoms in total. The van der Waals surface area contributed by atoms with Gasteiger partial charge in [0.05, 0.1) is 6.10 Å². The summed E-state index contributed by atoms with van der Waals surface area (Å²) in [4.78, 5) is 5.06. The van der Waals surface area contributed by atoms with E-state index in [0.29, 0.717) is 12.1 Å². The number of likely N-dealkylation sites (N-methyl/N-ethyl adjacent to an activating group) is 1. The third kappa shape index (κ3) is 3.91. The molecule has 0 aromatic rings. The normalized spacial score (nSPS) is 31.9. The van der Waals surface area contributed by atoms with Crippen molar-refractivity contribution in [1.82, 2.24) is 15.1 Å². The summed E-state index contributed by atoms with van der Waals surface area (Å²) in [5.74, 6) is 0. The summed E-state index contributed by atoms with van der Waals surface area (Å²) >= 11 is 0. The number of nitrogens with one attached hydrogen (secondary N) is 1. The van der Waals surface area contributed by atoms with Crippen molar-refractivity contribution in [3.8, 4) is 0 Å². The van der Waals surface area contributed by atoms with Gasteiger partial charge in [0.1, 0.15) is 0 Å². The number of rotatable bonds is 4. The molecule has 0 aromatic heterocycles. The molecule has 2 aliphatic heterocycles. The van der Waals surface area contributed by atoms with Crippen LogP contribution in [-0.4, -0.2) is 74.9 Å². The summed E-state index contributed by atoms with van der Waals surface area (Å²) < 4.78 is 5.63. The van der Waals surface area contributed by atoms with Crippen molar-refractivity contribution < 1.29 is 4.74 Å². The van der Waals surface area contributed by atoms with Crippen molar-refractivity contribution in [2.24, 2.45) is 0 Å². The molecule has 2 heterocycles. The molecular weight excluding hydrogens is 214 g/mol. The second-order valence-electron chi connectivity index (χ2n) is 5.36. The lowest BCUT2D eigenvalue weighted by molar-refractivity contribution is 0.0798. The standard InChI is InChI=1S/C13H27N3O/c1-12-13(4-11-17-12)15(2)9-10-16-7-3-5-14-6-8-16/h12-14H,3-11H2,1-2H3. The second kappa shape index (κ2) is 6.69. The van der Waals surface area contributed by atoms with E-state index in [1.807, 2.05) is 0 Å². The predicted octanol–water partition coefficient (Wildman–Crippen LogP) is 0.391. The van der Waals surface area contributed by atoms with Crippen LogP contribution in [0.1, 0.15) is 19.8 Å². The van der Waals surface area contributed by atoms with Gasteiger partial charge in [-0.05, 0) is 39.9 Å². The Balaban J connectivity index is 1.69. The maximum absolute atomic E-state index is 5.63. The van der Waals surface area contributed by atoms with Gasteiger partial charge in [0.25, 0.3) is 0 Å². The fourth-order valence-corrected chi connectivity index (χ4v) is 2.89. The Bertz CT molecular complexity index is 217. The lowest BCUT2D eigenvalue weighted by Gasteiger charge is -2.29. The molecule has 2 fully saturated rings. The van der Waals surface area contributed by atoms with E-state index in [4.69, 9.17) is 4.74 Å². The van der Waals surface area contributed by atoms with Crippen LogP contribution >= 0.6 is 0 Å². The van der Waals surface area contributed by atoms with Crippen molar-refractivity contribution in [2.75, 3.05) is 52.9 Å². The van der Waals surface area contributed by atoms with Crippen LogP contribution in [-0.2, 0) is 4.74 Å². The number of hydrogen-bond donors (Lipinski definition) is 1. The molecule has 17 heavy (non-hydrogen) atoms. The van der Waals surface area contributed by atoms with Gasteiger partial charge < -0.3 is 15.0 Å².